The van der Waals surface area contributed by atoms with Crippen molar-refractivity contribution in [3.8, 4) is 5.69 Å². The van der Waals surface area contributed by atoms with Gasteiger partial charge in [0, 0.05) is 48.8 Å². The molecule has 3 aromatic heterocycles. The third-order valence-corrected chi connectivity index (χ3v) is 6.38. The van der Waals surface area contributed by atoms with Crippen molar-refractivity contribution in [1.82, 2.24) is 29.4 Å². The molecule has 4 aromatic rings. The molecular formula is C26H27N7O2. The van der Waals surface area contributed by atoms with Gasteiger partial charge in [-0.2, -0.15) is 10.2 Å². The zero-order valence-electron chi connectivity index (χ0n) is 20.0. The van der Waals surface area contributed by atoms with E-state index in [-0.39, 0.29) is 17.9 Å². The maximum absolute atomic E-state index is 13.4. The quantitative estimate of drug-likeness (QED) is 0.445. The van der Waals surface area contributed by atoms with Crippen molar-refractivity contribution in [2.24, 2.45) is 7.05 Å². The van der Waals surface area contributed by atoms with Gasteiger partial charge in [-0.3, -0.25) is 19.3 Å². The topological polar surface area (TPSA) is 97.9 Å². The largest absolute Gasteiger partial charge is 0.331 e. The van der Waals surface area contributed by atoms with Gasteiger partial charge in [0.15, 0.2) is 0 Å². The Balaban J connectivity index is 1.29. The molecule has 1 aliphatic carbocycles. The van der Waals surface area contributed by atoms with Gasteiger partial charge in [0.25, 0.3) is 11.8 Å². The van der Waals surface area contributed by atoms with Gasteiger partial charge < -0.3 is 10.2 Å². The van der Waals surface area contributed by atoms with Crippen molar-refractivity contribution in [2.45, 2.75) is 39.3 Å². The third-order valence-electron chi connectivity index (χ3n) is 6.38. The molecule has 2 amide bonds. The van der Waals surface area contributed by atoms with Crippen molar-refractivity contribution in [2.75, 3.05) is 5.32 Å². The summed E-state index contributed by atoms with van der Waals surface area (Å²) in [5.41, 5.74) is 5.63. The van der Waals surface area contributed by atoms with Crippen LogP contribution in [0.2, 0.25) is 0 Å². The fraction of sp³-hybridized carbons (Fsp3) is 0.269. The Morgan fingerprint density at radius 2 is 1.86 bits per heavy atom. The molecule has 178 valence electrons. The second-order valence-corrected chi connectivity index (χ2v) is 8.85. The Bertz CT molecular complexity index is 1370. The molecule has 0 spiro atoms. The van der Waals surface area contributed by atoms with E-state index in [1.165, 1.54) is 6.20 Å². The summed E-state index contributed by atoms with van der Waals surface area (Å²) < 4.78 is 3.53. The fourth-order valence-corrected chi connectivity index (χ4v) is 4.12. The summed E-state index contributed by atoms with van der Waals surface area (Å²) in [5, 5.41) is 11.7. The summed E-state index contributed by atoms with van der Waals surface area (Å²) >= 11 is 0. The first kappa shape index (κ1) is 22.5. The molecule has 9 heteroatoms. The number of amides is 2. The number of aryl methyl sites for hydroxylation is 2. The molecule has 1 N–H and O–H groups in total. The van der Waals surface area contributed by atoms with Gasteiger partial charge in [0.05, 0.1) is 35.0 Å². The number of benzene rings is 1. The number of nitrogens with one attached hydrogen (secondary N) is 1. The van der Waals surface area contributed by atoms with Crippen LogP contribution < -0.4 is 5.32 Å². The molecule has 1 aliphatic rings. The fourth-order valence-electron chi connectivity index (χ4n) is 4.12. The lowest BCUT2D eigenvalue weighted by molar-refractivity contribution is 0.0729. The summed E-state index contributed by atoms with van der Waals surface area (Å²) in [6, 6.07) is 11.1. The van der Waals surface area contributed by atoms with E-state index >= 15 is 0 Å². The van der Waals surface area contributed by atoms with Crippen LogP contribution >= 0.6 is 0 Å². The lowest BCUT2D eigenvalue weighted by Crippen LogP contribution is -2.33. The van der Waals surface area contributed by atoms with Crippen LogP contribution in [0.3, 0.4) is 0 Å². The van der Waals surface area contributed by atoms with Crippen LogP contribution in [0.15, 0.2) is 61.2 Å². The first-order valence-electron chi connectivity index (χ1n) is 11.6. The number of carbonyl (C=O) groups excluding carboxylic acids is 2. The van der Waals surface area contributed by atoms with E-state index in [1.54, 1.807) is 35.4 Å². The van der Waals surface area contributed by atoms with Gasteiger partial charge in [-0.05, 0) is 63.1 Å². The van der Waals surface area contributed by atoms with Crippen LogP contribution in [-0.2, 0) is 13.6 Å². The van der Waals surface area contributed by atoms with E-state index in [4.69, 9.17) is 0 Å². The minimum Gasteiger partial charge on any atom is -0.331 e. The van der Waals surface area contributed by atoms with Crippen molar-refractivity contribution >= 4 is 17.5 Å². The molecule has 0 radical (unpaired) electrons. The van der Waals surface area contributed by atoms with Crippen LogP contribution in [0.25, 0.3) is 5.69 Å². The van der Waals surface area contributed by atoms with E-state index in [2.05, 4.69) is 20.5 Å². The van der Waals surface area contributed by atoms with Gasteiger partial charge >= 0.3 is 0 Å². The van der Waals surface area contributed by atoms with E-state index in [1.807, 2.05) is 54.7 Å². The molecule has 0 unspecified atom stereocenters. The predicted octanol–water partition coefficient (Wildman–Crippen LogP) is 3.67. The molecule has 0 aliphatic heterocycles. The number of carbonyl (C=O) groups is 2. The third kappa shape index (κ3) is 4.70. The normalized spacial score (nSPS) is 13.0. The van der Waals surface area contributed by atoms with Crippen molar-refractivity contribution in [1.29, 1.82) is 0 Å². The Kier molecular flexibility index (Phi) is 5.90. The van der Waals surface area contributed by atoms with Crippen molar-refractivity contribution < 1.29 is 9.59 Å². The van der Waals surface area contributed by atoms with Crippen LogP contribution in [-0.4, -0.2) is 47.3 Å². The summed E-state index contributed by atoms with van der Waals surface area (Å²) in [7, 11) is 1.93. The molecule has 9 nitrogen and oxygen atoms in total. The number of anilines is 1. The lowest BCUT2D eigenvalue weighted by Gasteiger charge is -2.23. The number of nitrogens with zero attached hydrogens (tertiary/aromatic N) is 6. The molecule has 1 aromatic carbocycles. The average Bonchev–Trinajstić information content (AvgIpc) is 3.56. The minimum atomic E-state index is -0.252. The van der Waals surface area contributed by atoms with Gasteiger partial charge in [0.2, 0.25) is 0 Å². The SMILES string of the molecule is Cc1nn(C)c(C)c1CN(C(=O)c1ccc(-n2cc(NC(=O)c3cccnc3)cn2)cc1)C1CC1. The average molecular weight is 470 g/mol. The van der Waals surface area contributed by atoms with Gasteiger partial charge in [0.1, 0.15) is 0 Å². The van der Waals surface area contributed by atoms with Gasteiger partial charge in [-0.15, -0.1) is 0 Å². The highest BCUT2D eigenvalue weighted by atomic mass is 16.2. The van der Waals surface area contributed by atoms with Crippen molar-refractivity contribution in [3.63, 3.8) is 0 Å². The van der Waals surface area contributed by atoms with E-state index in [0.717, 1.165) is 35.5 Å². The Hall–Kier alpha value is -4.27. The number of hydrogen-bond donors (Lipinski definition) is 1. The molecular weight excluding hydrogens is 442 g/mol. The zero-order chi connectivity index (χ0) is 24.5. The standard InChI is InChI=1S/C26H27N7O2/c1-17-24(18(2)31(3)30-17)16-32(22-10-11-22)26(35)19-6-8-23(9-7-19)33-15-21(14-28-33)29-25(34)20-5-4-12-27-13-20/h4-9,12-15,22H,10-11,16H2,1-3H3,(H,29,34). The molecule has 1 saturated carbocycles. The first-order valence-corrected chi connectivity index (χ1v) is 11.6. The van der Waals surface area contributed by atoms with Crippen LogP contribution in [0.4, 0.5) is 5.69 Å². The second kappa shape index (κ2) is 9.17. The second-order valence-electron chi connectivity index (χ2n) is 8.85. The van der Waals surface area contributed by atoms with Crippen molar-refractivity contribution in [3.05, 3.63) is 89.3 Å². The van der Waals surface area contributed by atoms with Crippen LogP contribution in [0, 0.1) is 13.8 Å². The number of pyridine rings is 1. The Morgan fingerprint density at radius 1 is 1.09 bits per heavy atom. The lowest BCUT2D eigenvalue weighted by atomic mass is 10.1. The number of aromatic nitrogens is 5. The molecule has 0 saturated heterocycles. The van der Waals surface area contributed by atoms with E-state index in [9.17, 15) is 9.59 Å². The summed E-state index contributed by atoms with van der Waals surface area (Å²) in [6.07, 6.45) is 8.51. The van der Waals surface area contributed by atoms with E-state index in [0.29, 0.717) is 23.4 Å². The highest BCUT2D eigenvalue weighted by Gasteiger charge is 2.34. The monoisotopic (exact) mass is 469 g/mol. The highest BCUT2D eigenvalue weighted by Crippen LogP contribution is 2.31. The van der Waals surface area contributed by atoms with E-state index < -0.39 is 0 Å². The summed E-state index contributed by atoms with van der Waals surface area (Å²) in [6.45, 7) is 4.59. The molecule has 1 fully saturated rings. The predicted molar refractivity (Wildman–Crippen MR) is 131 cm³/mol. The molecule has 5 rings (SSSR count). The summed E-state index contributed by atoms with van der Waals surface area (Å²) in [5.74, 6) is -0.232. The van der Waals surface area contributed by atoms with Crippen LogP contribution in [0.1, 0.15) is 50.5 Å². The smallest absolute Gasteiger partial charge is 0.257 e. The zero-order valence-corrected chi connectivity index (χ0v) is 20.0. The molecule has 3 heterocycles. The molecule has 0 atom stereocenters. The maximum Gasteiger partial charge on any atom is 0.257 e. The van der Waals surface area contributed by atoms with Gasteiger partial charge in [-0.1, -0.05) is 0 Å². The Morgan fingerprint density at radius 3 is 2.49 bits per heavy atom. The van der Waals surface area contributed by atoms with Gasteiger partial charge in [-0.25, -0.2) is 4.68 Å². The Labute approximate surface area is 203 Å². The molecule has 0 bridgehead atoms. The highest BCUT2D eigenvalue weighted by molar-refractivity contribution is 6.03. The summed E-state index contributed by atoms with van der Waals surface area (Å²) in [4.78, 5) is 31.7. The van der Waals surface area contributed by atoms with Crippen LogP contribution in [0.5, 0.6) is 0 Å². The first-order chi connectivity index (χ1) is 16.9. The maximum atomic E-state index is 13.4. The molecule has 35 heavy (non-hydrogen) atoms. The minimum absolute atomic E-state index is 0.0200. The number of hydrogen-bond acceptors (Lipinski definition) is 5. The number of rotatable bonds is 7.